The number of aromatic nitrogens is 4. The van der Waals surface area contributed by atoms with Crippen LogP contribution in [0.25, 0.3) is 11.0 Å². The van der Waals surface area contributed by atoms with Crippen LogP contribution in [-0.4, -0.2) is 56.0 Å². The van der Waals surface area contributed by atoms with Gasteiger partial charge in [-0.1, -0.05) is 0 Å². The summed E-state index contributed by atoms with van der Waals surface area (Å²) >= 11 is 0. The molecule has 1 saturated heterocycles. The average Bonchev–Trinajstić information content (AvgIpc) is 2.75. The molecule has 2 amide bonds. The summed E-state index contributed by atoms with van der Waals surface area (Å²) in [5.41, 5.74) is 3.57. The van der Waals surface area contributed by atoms with E-state index in [0.717, 1.165) is 16.9 Å². The van der Waals surface area contributed by atoms with Crippen molar-refractivity contribution in [3.63, 3.8) is 0 Å². The van der Waals surface area contributed by atoms with Crippen molar-refractivity contribution in [1.29, 1.82) is 0 Å². The molecule has 0 spiro atoms. The van der Waals surface area contributed by atoms with E-state index in [1.165, 1.54) is 12.1 Å². The predicted molar refractivity (Wildman–Crippen MR) is 110 cm³/mol. The van der Waals surface area contributed by atoms with E-state index >= 15 is 0 Å². The fourth-order valence-electron chi connectivity index (χ4n) is 3.49. The molecule has 0 aliphatic carbocycles. The van der Waals surface area contributed by atoms with Crippen molar-refractivity contribution in [3.05, 3.63) is 63.3 Å². The van der Waals surface area contributed by atoms with Gasteiger partial charge in [0.05, 0.1) is 22.4 Å². The van der Waals surface area contributed by atoms with E-state index in [1.54, 1.807) is 17.0 Å². The van der Waals surface area contributed by atoms with Crippen molar-refractivity contribution < 1.29 is 9.59 Å². The number of carbonyl (C=O) groups excluding carboxylic acids is 2. The molecular formula is C21H22N6O3. The Morgan fingerprint density at radius 3 is 2.40 bits per heavy atom. The Morgan fingerprint density at radius 2 is 1.73 bits per heavy atom. The Morgan fingerprint density at radius 1 is 1.03 bits per heavy atom. The zero-order valence-corrected chi connectivity index (χ0v) is 16.8. The van der Waals surface area contributed by atoms with E-state index in [1.807, 2.05) is 19.9 Å². The van der Waals surface area contributed by atoms with E-state index in [2.05, 4.69) is 25.5 Å². The summed E-state index contributed by atoms with van der Waals surface area (Å²) < 4.78 is 0. The van der Waals surface area contributed by atoms with Crippen LogP contribution in [0.1, 0.15) is 45.1 Å². The van der Waals surface area contributed by atoms with Crippen molar-refractivity contribution in [2.24, 2.45) is 0 Å². The summed E-state index contributed by atoms with van der Waals surface area (Å²) in [6.07, 6.45) is 1.29. The van der Waals surface area contributed by atoms with Crippen LogP contribution in [0.4, 0.5) is 0 Å². The number of nitrogens with zero attached hydrogens (tertiary/aromatic N) is 4. The Hall–Kier alpha value is -3.62. The molecule has 0 radical (unpaired) electrons. The maximum absolute atomic E-state index is 12.7. The number of benzene rings is 1. The number of carbonyl (C=O) groups is 2. The van der Waals surface area contributed by atoms with Gasteiger partial charge < -0.3 is 10.2 Å². The lowest BCUT2D eigenvalue weighted by atomic mass is 10.0. The second kappa shape index (κ2) is 8.02. The lowest BCUT2D eigenvalue weighted by Crippen LogP contribution is -2.46. The molecule has 1 aromatic carbocycles. The van der Waals surface area contributed by atoms with Gasteiger partial charge in [-0.05, 0) is 51.0 Å². The normalized spacial score (nSPS) is 14.7. The molecule has 2 N–H and O–H groups in total. The summed E-state index contributed by atoms with van der Waals surface area (Å²) in [6.45, 7) is 4.82. The first-order valence-electron chi connectivity index (χ1n) is 9.81. The second-order valence-corrected chi connectivity index (χ2v) is 7.44. The van der Waals surface area contributed by atoms with Crippen LogP contribution < -0.4 is 10.9 Å². The molecule has 3 heterocycles. The minimum Gasteiger partial charge on any atom is -0.349 e. The number of rotatable bonds is 3. The second-order valence-electron chi connectivity index (χ2n) is 7.44. The SMILES string of the molecule is Cc1nc2ccc(C(=O)NC3CCN(C(=O)c4ccc(=O)[nH]n4)CC3)cc2nc1C. The highest BCUT2D eigenvalue weighted by Gasteiger charge is 2.25. The monoisotopic (exact) mass is 406 g/mol. The number of fused-ring (bicyclic) bond motifs is 1. The highest BCUT2D eigenvalue weighted by atomic mass is 16.2. The fraction of sp³-hybridized carbons (Fsp3) is 0.333. The van der Waals surface area contributed by atoms with Crippen LogP contribution in [0.2, 0.25) is 0 Å². The third kappa shape index (κ3) is 4.05. The van der Waals surface area contributed by atoms with Crippen LogP contribution in [-0.2, 0) is 0 Å². The molecule has 0 atom stereocenters. The highest BCUT2D eigenvalue weighted by Crippen LogP contribution is 2.16. The summed E-state index contributed by atoms with van der Waals surface area (Å²) in [4.78, 5) is 47.0. The Bertz CT molecular complexity index is 1160. The van der Waals surface area contributed by atoms with Gasteiger partial charge in [-0.15, -0.1) is 0 Å². The molecule has 2 aromatic heterocycles. The molecule has 4 rings (SSSR count). The Balaban J connectivity index is 1.37. The van der Waals surface area contributed by atoms with Gasteiger partial charge in [0.1, 0.15) is 5.69 Å². The van der Waals surface area contributed by atoms with Crippen molar-refractivity contribution in [3.8, 4) is 0 Å². The molecular weight excluding hydrogens is 384 g/mol. The number of nitrogens with one attached hydrogen (secondary N) is 2. The van der Waals surface area contributed by atoms with E-state index in [-0.39, 0.29) is 29.1 Å². The molecule has 9 heteroatoms. The van der Waals surface area contributed by atoms with Gasteiger partial charge in [0, 0.05) is 30.8 Å². The standard InChI is InChI=1S/C21H22N6O3/c1-12-13(2)23-18-11-14(3-4-16(18)22-12)20(29)24-15-7-9-27(10-8-15)21(30)17-5-6-19(28)26-25-17/h3-6,11,15H,7-10H2,1-2H3,(H,24,29)(H,26,28). The highest BCUT2D eigenvalue weighted by molar-refractivity contribution is 5.97. The summed E-state index contributed by atoms with van der Waals surface area (Å²) in [5, 5.41) is 9.10. The van der Waals surface area contributed by atoms with Gasteiger partial charge >= 0.3 is 0 Å². The third-order valence-electron chi connectivity index (χ3n) is 5.35. The Labute approximate surface area is 172 Å². The quantitative estimate of drug-likeness (QED) is 0.678. The molecule has 1 aliphatic rings. The fourth-order valence-corrected chi connectivity index (χ4v) is 3.49. The van der Waals surface area contributed by atoms with Gasteiger partial charge in [0.25, 0.3) is 17.4 Å². The molecule has 1 aliphatic heterocycles. The smallest absolute Gasteiger partial charge is 0.274 e. The lowest BCUT2D eigenvalue weighted by Gasteiger charge is -2.32. The van der Waals surface area contributed by atoms with Crippen LogP contribution in [0.5, 0.6) is 0 Å². The molecule has 3 aromatic rings. The van der Waals surface area contributed by atoms with E-state index < -0.39 is 0 Å². The largest absolute Gasteiger partial charge is 0.349 e. The maximum atomic E-state index is 12.7. The zero-order chi connectivity index (χ0) is 21.3. The van der Waals surface area contributed by atoms with Crippen LogP contribution in [0.15, 0.2) is 35.1 Å². The van der Waals surface area contributed by atoms with Gasteiger partial charge in [0.15, 0.2) is 0 Å². The first-order chi connectivity index (χ1) is 14.4. The minimum atomic E-state index is -0.349. The van der Waals surface area contributed by atoms with Crippen molar-refractivity contribution >= 4 is 22.8 Å². The number of likely N-dealkylation sites (tertiary alicyclic amines) is 1. The van der Waals surface area contributed by atoms with Gasteiger partial charge in [-0.2, -0.15) is 5.10 Å². The summed E-state index contributed by atoms with van der Waals surface area (Å²) in [5.74, 6) is -0.390. The van der Waals surface area contributed by atoms with Crippen molar-refractivity contribution in [1.82, 2.24) is 30.4 Å². The molecule has 154 valence electrons. The number of aromatic amines is 1. The average molecular weight is 406 g/mol. The van der Waals surface area contributed by atoms with E-state index in [9.17, 15) is 14.4 Å². The number of aryl methyl sites for hydroxylation is 2. The molecule has 30 heavy (non-hydrogen) atoms. The van der Waals surface area contributed by atoms with Crippen LogP contribution in [0.3, 0.4) is 0 Å². The van der Waals surface area contributed by atoms with Gasteiger partial charge in [-0.25, -0.2) is 15.1 Å². The topological polar surface area (TPSA) is 121 Å². The number of H-pyrrole nitrogens is 1. The number of hydrogen-bond donors (Lipinski definition) is 2. The maximum Gasteiger partial charge on any atom is 0.274 e. The molecule has 0 unspecified atom stereocenters. The first-order valence-corrected chi connectivity index (χ1v) is 9.81. The molecule has 1 fully saturated rings. The minimum absolute atomic E-state index is 0.0216. The predicted octanol–water partition coefficient (Wildman–Crippen LogP) is 1.36. The lowest BCUT2D eigenvalue weighted by molar-refractivity contribution is 0.0691. The number of hydrogen-bond acceptors (Lipinski definition) is 6. The van der Waals surface area contributed by atoms with E-state index in [0.29, 0.717) is 37.0 Å². The molecule has 0 bridgehead atoms. The molecule has 0 saturated carbocycles. The number of amides is 2. The summed E-state index contributed by atoms with van der Waals surface area (Å²) in [7, 11) is 0. The van der Waals surface area contributed by atoms with E-state index in [4.69, 9.17) is 0 Å². The van der Waals surface area contributed by atoms with Gasteiger partial charge in [0.2, 0.25) is 0 Å². The van der Waals surface area contributed by atoms with Crippen LogP contribution in [0, 0.1) is 13.8 Å². The van der Waals surface area contributed by atoms with Crippen LogP contribution >= 0.6 is 0 Å². The van der Waals surface area contributed by atoms with Crippen molar-refractivity contribution in [2.45, 2.75) is 32.7 Å². The van der Waals surface area contributed by atoms with Crippen molar-refractivity contribution in [2.75, 3.05) is 13.1 Å². The number of piperidine rings is 1. The molecule has 9 nitrogen and oxygen atoms in total. The van der Waals surface area contributed by atoms with Gasteiger partial charge in [-0.3, -0.25) is 14.4 Å². The first kappa shape index (κ1) is 19.7. The zero-order valence-electron chi connectivity index (χ0n) is 16.8. The third-order valence-corrected chi connectivity index (χ3v) is 5.35. The summed E-state index contributed by atoms with van der Waals surface area (Å²) in [6, 6.07) is 7.99. The Kier molecular flexibility index (Phi) is 5.26.